The van der Waals surface area contributed by atoms with E-state index < -0.39 is 0 Å². The molecule has 3 fully saturated rings. The molecular formula is C21H24N8O. The van der Waals surface area contributed by atoms with E-state index in [0.717, 1.165) is 43.0 Å². The van der Waals surface area contributed by atoms with Gasteiger partial charge in [0, 0.05) is 18.3 Å². The SMILES string of the molecule is Cc1cnc(NC2CC3CCC2N(C(=O)c2nc(C)ccc2-n2nccn2)C3)cn1. The van der Waals surface area contributed by atoms with Crippen LogP contribution in [0.25, 0.3) is 5.69 Å². The van der Waals surface area contributed by atoms with E-state index >= 15 is 0 Å². The minimum absolute atomic E-state index is 0.0674. The van der Waals surface area contributed by atoms with Crippen LogP contribution in [0.2, 0.25) is 0 Å². The standard InChI is InChI=1S/C21H24N8O/c1-13-3-5-18(29-24-7-8-25-29)20(26-13)21(30)28-12-15-4-6-17(28)16(9-15)27-19-11-22-14(2)10-23-19/h3,5,7-8,10-11,15-17H,4,6,9,12H2,1-2H3,(H,23,27). The highest BCUT2D eigenvalue weighted by molar-refractivity contribution is 5.96. The lowest BCUT2D eigenvalue weighted by Crippen LogP contribution is -2.60. The molecule has 154 valence electrons. The number of anilines is 1. The van der Waals surface area contributed by atoms with Crippen molar-refractivity contribution in [3.05, 3.63) is 54.0 Å². The Labute approximate surface area is 174 Å². The zero-order chi connectivity index (χ0) is 20.7. The number of aromatic nitrogens is 6. The summed E-state index contributed by atoms with van der Waals surface area (Å²) in [7, 11) is 0. The highest BCUT2D eigenvalue weighted by atomic mass is 16.2. The van der Waals surface area contributed by atoms with Gasteiger partial charge >= 0.3 is 0 Å². The number of hydrogen-bond acceptors (Lipinski definition) is 7. The normalized spacial score (nSPS) is 22.9. The molecule has 5 heterocycles. The molecule has 2 aliphatic heterocycles. The van der Waals surface area contributed by atoms with E-state index in [1.165, 1.54) is 4.80 Å². The molecule has 3 aromatic heterocycles. The minimum atomic E-state index is -0.0674. The van der Waals surface area contributed by atoms with Crippen molar-refractivity contribution in [1.29, 1.82) is 0 Å². The Morgan fingerprint density at radius 1 is 1.07 bits per heavy atom. The van der Waals surface area contributed by atoms with E-state index in [-0.39, 0.29) is 18.0 Å². The number of fused-ring (bicyclic) bond motifs is 3. The van der Waals surface area contributed by atoms with Gasteiger partial charge in [-0.15, -0.1) is 4.80 Å². The number of amides is 1. The van der Waals surface area contributed by atoms with Gasteiger partial charge in [-0.05, 0) is 51.2 Å². The van der Waals surface area contributed by atoms with Crippen molar-refractivity contribution in [2.45, 2.75) is 45.2 Å². The number of nitrogens with zero attached hydrogens (tertiary/aromatic N) is 7. The highest BCUT2D eigenvalue weighted by Gasteiger charge is 2.44. The molecule has 0 spiro atoms. The first-order valence-corrected chi connectivity index (χ1v) is 10.3. The first kappa shape index (κ1) is 18.7. The Bertz CT molecular complexity index is 1050. The zero-order valence-electron chi connectivity index (χ0n) is 17.1. The van der Waals surface area contributed by atoms with Gasteiger partial charge in [-0.1, -0.05) is 0 Å². The molecule has 9 nitrogen and oxygen atoms in total. The summed E-state index contributed by atoms with van der Waals surface area (Å²) in [5, 5.41) is 11.9. The van der Waals surface area contributed by atoms with Crippen LogP contribution < -0.4 is 5.32 Å². The maximum atomic E-state index is 13.6. The van der Waals surface area contributed by atoms with Crippen LogP contribution in [0, 0.1) is 19.8 Å². The molecule has 0 aromatic carbocycles. The first-order valence-electron chi connectivity index (χ1n) is 10.3. The third-order valence-corrected chi connectivity index (χ3v) is 6.00. The van der Waals surface area contributed by atoms with Crippen molar-refractivity contribution in [3.8, 4) is 5.69 Å². The topological polar surface area (TPSA) is 102 Å². The lowest BCUT2D eigenvalue weighted by Gasteiger charge is -2.50. The first-order chi connectivity index (χ1) is 14.6. The molecular weight excluding hydrogens is 380 g/mol. The second-order valence-corrected chi connectivity index (χ2v) is 8.14. The number of carbonyl (C=O) groups excluding carboxylic acids is 1. The molecule has 3 aliphatic rings. The fraction of sp³-hybridized carbons (Fsp3) is 0.429. The summed E-state index contributed by atoms with van der Waals surface area (Å²) in [6.45, 7) is 4.56. The van der Waals surface area contributed by atoms with Crippen molar-refractivity contribution in [2.24, 2.45) is 5.92 Å². The van der Waals surface area contributed by atoms with Crippen molar-refractivity contribution in [2.75, 3.05) is 11.9 Å². The number of piperidine rings is 2. The summed E-state index contributed by atoms with van der Waals surface area (Å²) in [5.41, 5.74) is 2.67. The van der Waals surface area contributed by atoms with Crippen molar-refractivity contribution in [3.63, 3.8) is 0 Å². The Morgan fingerprint density at radius 2 is 1.90 bits per heavy atom. The van der Waals surface area contributed by atoms with Gasteiger partial charge in [-0.3, -0.25) is 9.78 Å². The van der Waals surface area contributed by atoms with Gasteiger partial charge in [-0.2, -0.15) is 10.2 Å². The van der Waals surface area contributed by atoms with Crippen molar-refractivity contribution < 1.29 is 4.79 Å². The smallest absolute Gasteiger partial charge is 0.275 e. The monoisotopic (exact) mass is 404 g/mol. The van der Waals surface area contributed by atoms with Gasteiger partial charge in [0.15, 0.2) is 5.69 Å². The molecule has 6 rings (SSSR count). The minimum Gasteiger partial charge on any atom is -0.364 e. The maximum absolute atomic E-state index is 13.6. The van der Waals surface area contributed by atoms with Crippen LogP contribution in [0.4, 0.5) is 5.82 Å². The van der Waals surface area contributed by atoms with E-state index in [9.17, 15) is 4.79 Å². The van der Waals surface area contributed by atoms with E-state index in [1.807, 2.05) is 30.9 Å². The molecule has 9 heteroatoms. The van der Waals surface area contributed by atoms with Crippen LogP contribution >= 0.6 is 0 Å². The Morgan fingerprint density at radius 3 is 2.63 bits per heavy atom. The van der Waals surface area contributed by atoms with Crippen LogP contribution in [0.5, 0.6) is 0 Å². The molecule has 30 heavy (non-hydrogen) atoms. The van der Waals surface area contributed by atoms with Crippen LogP contribution in [-0.4, -0.2) is 59.4 Å². The van der Waals surface area contributed by atoms with E-state index in [1.54, 1.807) is 24.8 Å². The van der Waals surface area contributed by atoms with E-state index in [2.05, 4.69) is 30.5 Å². The molecule has 1 aliphatic carbocycles. The largest absolute Gasteiger partial charge is 0.364 e. The number of rotatable bonds is 4. The Hall–Kier alpha value is -3.36. The molecule has 1 saturated carbocycles. The fourth-order valence-corrected chi connectivity index (χ4v) is 4.58. The van der Waals surface area contributed by atoms with E-state index in [0.29, 0.717) is 17.3 Å². The molecule has 1 amide bonds. The van der Waals surface area contributed by atoms with Gasteiger partial charge < -0.3 is 10.2 Å². The second kappa shape index (κ2) is 7.47. The number of carbonyl (C=O) groups is 1. The number of hydrogen-bond donors (Lipinski definition) is 1. The Kier molecular flexibility index (Phi) is 4.65. The molecule has 1 N–H and O–H groups in total. The third-order valence-electron chi connectivity index (χ3n) is 6.00. The number of pyridine rings is 1. The molecule has 2 bridgehead atoms. The van der Waals surface area contributed by atoms with Gasteiger partial charge in [0.2, 0.25) is 0 Å². The average Bonchev–Trinajstić information content (AvgIpc) is 3.30. The Balaban J connectivity index is 1.44. The molecule has 3 atom stereocenters. The summed E-state index contributed by atoms with van der Waals surface area (Å²) in [6.07, 6.45) is 9.84. The number of aryl methyl sites for hydroxylation is 2. The molecule has 0 radical (unpaired) electrons. The third kappa shape index (κ3) is 3.40. The van der Waals surface area contributed by atoms with Crippen LogP contribution in [0.15, 0.2) is 36.9 Å². The summed E-state index contributed by atoms with van der Waals surface area (Å²) in [5.74, 6) is 1.15. The summed E-state index contributed by atoms with van der Waals surface area (Å²) >= 11 is 0. The van der Waals surface area contributed by atoms with Crippen molar-refractivity contribution >= 4 is 11.7 Å². The zero-order valence-corrected chi connectivity index (χ0v) is 17.1. The highest BCUT2D eigenvalue weighted by Crippen LogP contribution is 2.37. The van der Waals surface area contributed by atoms with Gasteiger partial charge in [-0.25, -0.2) is 9.97 Å². The van der Waals surface area contributed by atoms with Crippen LogP contribution in [0.1, 0.15) is 41.1 Å². The van der Waals surface area contributed by atoms with Crippen LogP contribution in [-0.2, 0) is 0 Å². The van der Waals surface area contributed by atoms with Crippen molar-refractivity contribution in [1.82, 2.24) is 34.8 Å². The quantitative estimate of drug-likeness (QED) is 0.711. The maximum Gasteiger partial charge on any atom is 0.275 e. The summed E-state index contributed by atoms with van der Waals surface area (Å²) < 4.78 is 0. The molecule has 2 saturated heterocycles. The van der Waals surface area contributed by atoms with E-state index in [4.69, 9.17) is 0 Å². The van der Waals surface area contributed by atoms with Gasteiger partial charge in [0.05, 0.1) is 36.5 Å². The summed E-state index contributed by atoms with van der Waals surface area (Å²) in [4.78, 5) is 30.4. The average molecular weight is 404 g/mol. The molecule has 3 aromatic rings. The van der Waals surface area contributed by atoms with Gasteiger partial charge in [0.25, 0.3) is 5.91 Å². The second-order valence-electron chi connectivity index (χ2n) is 8.14. The lowest BCUT2D eigenvalue weighted by molar-refractivity contribution is 0.0276. The number of nitrogens with one attached hydrogen (secondary N) is 1. The predicted molar refractivity (Wildman–Crippen MR) is 110 cm³/mol. The summed E-state index contributed by atoms with van der Waals surface area (Å²) in [6, 6.07) is 3.97. The fourth-order valence-electron chi connectivity index (χ4n) is 4.58. The van der Waals surface area contributed by atoms with Gasteiger partial charge in [0.1, 0.15) is 11.5 Å². The van der Waals surface area contributed by atoms with Crippen LogP contribution in [0.3, 0.4) is 0 Å². The lowest BCUT2D eigenvalue weighted by atomic mass is 9.76. The molecule has 3 unspecified atom stereocenters. The predicted octanol–water partition coefficient (Wildman–Crippen LogP) is 2.17.